The first-order valence-corrected chi connectivity index (χ1v) is 30.8. The van der Waals surface area contributed by atoms with Gasteiger partial charge in [-0.1, -0.05) is 100.0 Å². The van der Waals surface area contributed by atoms with Crippen molar-refractivity contribution in [1.82, 2.24) is 5.32 Å². The number of Topliss-reactive ketones (excluding diaryl/α,β-unsaturated/α-hetero) is 1. The summed E-state index contributed by atoms with van der Waals surface area (Å²) in [6, 6.07) is 15.3. The van der Waals surface area contributed by atoms with E-state index in [0.29, 0.717) is 58.5 Å². The Bertz CT molecular complexity index is 2890. The minimum Gasteiger partial charge on any atom is -0.507 e. The second-order valence-corrected chi connectivity index (χ2v) is 25.9. The maximum absolute atomic E-state index is 15.9. The van der Waals surface area contributed by atoms with E-state index in [1.165, 1.54) is 0 Å². The van der Waals surface area contributed by atoms with Crippen LogP contribution in [-0.2, 0) is 43.1 Å². The third-order valence-corrected chi connectivity index (χ3v) is 20.3. The van der Waals surface area contributed by atoms with Crippen LogP contribution >= 0.6 is 0 Å². The van der Waals surface area contributed by atoms with Gasteiger partial charge in [-0.25, -0.2) is 4.79 Å². The average Bonchev–Trinajstić information content (AvgIpc) is 3.46. The first-order chi connectivity index (χ1) is 39.1. The fraction of sp³-hybridized carbons (Fsp3) is 0.627. The van der Waals surface area contributed by atoms with Crippen LogP contribution in [-0.4, -0.2) is 111 Å². The van der Waals surface area contributed by atoms with Crippen molar-refractivity contribution in [2.75, 3.05) is 32.1 Å². The molecule has 3 aliphatic heterocycles. The fourth-order valence-electron chi connectivity index (χ4n) is 16.0. The van der Waals surface area contributed by atoms with Crippen molar-refractivity contribution >= 4 is 23.4 Å². The highest BCUT2D eigenvalue weighted by atomic mass is 16.6. The molecule has 0 saturated heterocycles. The summed E-state index contributed by atoms with van der Waals surface area (Å²) in [5.74, 6) is 3.42. The summed E-state index contributed by atoms with van der Waals surface area (Å²) in [7, 11) is 1.74. The summed E-state index contributed by atoms with van der Waals surface area (Å²) in [4.78, 5) is 44.2. The van der Waals surface area contributed by atoms with Crippen molar-refractivity contribution in [2.24, 2.45) is 29.6 Å². The molecule has 0 radical (unpaired) electrons. The number of hydrogen-bond donors (Lipinski definition) is 8. The first-order valence-electron chi connectivity index (χ1n) is 30.8. The Balaban J connectivity index is 1.07. The molecule has 3 aromatic rings. The highest BCUT2D eigenvalue weighted by molar-refractivity contribution is 5.89. The molecule has 436 valence electrons. The van der Waals surface area contributed by atoms with E-state index in [2.05, 4.69) is 22.5 Å². The van der Waals surface area contributed by atoms with Crippen LogP contribution in [0, 0.1) is 41.4 Å². The Morgan fingerprint density at radius 3 is 2.33 bits per heavy atom. The van der Waals surface area contributed by atoms with Gasteiger partial charge in [0.1, 0.15) is 40.7 Å². The number of ether oxygens (including phenoxy) is 3. The van der Waals surface area contributed by atoms with Crippen LogP contribution in [0.2, 0.25) is 0 Å². The molecule has 11 rings (SSSR count). The second kappa shape index (κ2) is 24.6. The molecule has 14 heteroatoms. The van der Waals surface area contributed by atoms with E-state index < -0.39 is 65.3 Å². The summed E-state index contributed by atoms with van der Waals surface area (Å²) in [6.07, 6.45) is 12.0. The molecule has 0 aromatic heterocycles. The quantitative estimate of drug-likeness (QED) is 0.0482. The van der Waals surface area contributed by atoms with Gasteiger partial charge in [0.25, 0.3) is 0 Å². The van der Waals surface area contributed by atoms with Gasteiger partial charge < -0.3 is 55.5 Å². The van der Waals surface area contributed by atoms with Gasteiger partial charge in [-0.2, -0.15) is 0 Å². The lowest BCUT2D eigenvalue weighted by Crippen LogP contribution is -2.65. The zero-order chi connectivity index (χ0) is 56.6. The standard InChI is InChI=1S/C67H86N2O12/c1-66(77,59(73)37-79-51-17-7-4-8-18-51)38-69-49-29-45(28-46(30-49)58(72)36-68-2)42-20-21-43-35-61(74)81-64-52(43)33-47(63(75)62(64)41-14-5-3-6-15-41)34-60-67(78)55-19-10-9-16-44(55)32-53-54(57(71)23-22-56(53)67)26-40-13-11-12-39(24-40)25-50(70)31-48(27-42)65(76)80-60/h11-13,24,28-31,33,41-44,50-51,53-56,58-60,68-70,72-73,75,77-78H,3-10,14-19,22-23,25-27,32,34-38H2,1-2H3/b48-31-/t42-,43+,44-,50+,53+,54-,55+,56+,58-,59+,60+,66+,67-/m0/s1. The first kappa shape index (κ1) is 57.7. The van der Waals surface area contributed by atoms with E-state index in [1.807, 2.05) is 42.5 Å². The number of esters is 2. The topological polar surface area (TPSA) is 224 Å². The molecule has 13 atom stereocenters. The SMILES string of the molecule is CNC[C@H](O)c1cc(NC[C@@](C)(O)[C@H](O)COC2CCCCC2)cc([C@H]2C#C[C@@H]3CC(=O)Oc4c3cc(c(O)c4C3CCCCC3)C[C@H]3OC(=O)/C(=C\[C@H](O)Cc4cccc(c4)C[C@@H]4C(=O)CC[C@@H]5[C@@H]4C[C@@H]4CCCC[C@H]4[C@]53O)C2)c1. The van der Waals surface area contributed by atoms with Gasteiger partial charge in [0.05, 0.1) is 37.3 Å². The van der Waals surface area contributed by atoms with Crippen molar-refractivity contribution in [2.45, 2.75) is 208 Å². The Morgan fingerprint density at radius 2 is 1.56 bits per heavy atom. The van der Waals surface area contributed by atoms with Crippen molar-refractivity contribution in [3.63, 3.8) is 0 Å². The van der Waals surface area contributed by atoms with Crippen molar-refractivity contribution < 1.29 is 59.2 Å². The summed E-state index contributed by atoms with van der Waals surface area (Å²) < 4.78 is 19.3. The van der Waals surface area contributed by atoms with E-state index in [9.17, 15) is 40.2 Å². The van der Waals surface area contributed by atoms with E-state index in [1.54, 1.807) is 26.1 Å². The van der Waals surface area contributed by atoms with Crippen molar-refractivity contribution in [3.05, 3.63) is 99.1 Å². The number of aliphatic hydroxyl groups excluding tert-OH is 3. The number of anilines is 1. The molecule has 14 nitrogen and oxygen atoms in total. The van der Waals surface area contributed by atoms with E-state index in [0.717, 1.165) is 101 Å². The van der Waals surface area contributed by atoms with Gasteiger partial charge >= 0.3 is 11.9 Å². The average molecular weight is 1110 g/mol. The van der Waals surface area contributed by atoms with Gasteiger partial charge in [0.15, 0.2) is 0 Å². The van der Waals surface area contributed by atoms with E-state index >= 15 is 4.79 Å². The third kappa shape index (κ3) is 12.3. The predicted molar refractivity (Wildman–Crippen MR) is 307 cm³/mol. The Kier molecular flexibility index (Phi) is 17.5. The lowest BCUT2D eigenvalue weighted by molar-refractivity contribution is -0.228. The molecule has 8 N–H and O–H groups in total. The van der Waals surface area contributed by atoms with Crippen LogP contribution in [0.25, 0.3) is 0 Å². The number of carbonyl (C=O) groups is 3. The predicted octanol–water partition coefficient (Wildman–Crippen LogP) is 8.84. The molecule has 3 heterocycles. The van der Waals surface area contributed by atoms with Gasteiger partial charge in [0.2, 0.25) is 0 Å². The largest absolute Gasteiger partial charge is 0.507 e. The number of aliphatic hydroxyl groups is 5. The molecule has 8 aliphatic rings. The normalized spacial score (nSPS) is 32.2. The minimum absolute atomic E-state index is 0.0275. The molecule has 5 saturated carbocycles. The third-order valence-electron chi connectivity index (χ3n) is 20.3. The number of nitrogens with one attached hydrogen (secondary N) is 2. The second-order valence-electron chi connectivity index (χ2n) is 25.9. The highest BCUT2D eigenvalue weighted by Gasteiger charge is 2.62. The Morgan fingerprint density at radius 1 is 0.827 bits per heavy atom. The molecule has 5 fully saturated rings. The van der Waals surface area contributed by atoms with Gasteiger partial charge in [0, 0.05) is 66.6 Å². The van der Waals surface area contributed by atoms with Crippen LogP contribution in [0.15, 0.2) is 60.2 Å². The number of carbonyl (C=O) groups excluding carboxylic acids is 3. The van der Waals surface area contributed by atoms with Crippen LogP contribution < -0.4 is 15.4 Å². The van der Waals surface area contributed by atoms with Gasteiger partial charge in [-0.15, -0.1) is 0 Å². The lowest BCUT2D eigenvalue weighted by atomic mass is 9.48. The number of ketones is 1. The number of rotatable bonds is 12. The van der Waals surface area contributed by atoms with Crippen molar-refractivity contribution in [3.8, 4) is 23.3 Å². The molecule has 0 amide bonds. The number of phenols is 1. The number of phenolic OH excluding ortho intramolecular Hbond substituents is 1. The summed E-state index contributed by atoms with van der Waals surface area (Å²) in [5, 5.41) is 80.6. The number of benzene rings is 3. The molecule has 3 aromatic carbocycles. The molecule has 10 bridgehead atoms. The minimum atomic E-state index is -1.63. The molecule has 0 spiro atoms. The zero-order valence-electron chi connectivity index (χ0n) is 47.5. The Labute approximate surface area is 477 Å². The maximum Gasteiger partial charge on any atom is 0.334 e. The van der Waals surface area contributed by atoms with E-state index in [-0.39, 0.29) is 105 Å². The highest BCUT2D eigenvalue weighted by Crippen LogP contribution is 2.59. The van der Waals surface area contributed by atoms with Crippen LogP contribution in [0.4, 0.5) is 5.69 Å². The molecule has 0 unspecified atom stereocenters. The van der Waals surface area contributed by atoms with Crippen LogP contribution in [0.1, 0.15) is 192 Å². The fourth-order valence-corrected chi connectivity index (χ4v) is 16.0. The van der Waals surface area contributed by atoms with E-state index in [4.69, 9.17) is 14.2 Å². The summed E-state index contributed by atoms with van der Waals surface area (Å²) >= 11 is 0. The lowest BCUT2D eigenvalue weighted by Gasteiger charge is -2.59. The van der Waals surface area contributed by atoms with Crippen LogP contribution in [0.3, 0.4) is 0 Å². The molecule has 5 aliphatic carbocycles. The maximum atomic E-state index is 15.9. The smallest absolute Gasteiger partial charge is 0.334 e. The molecular weight excluding hydrogens is 1020 g/mol. The van der Waals surface area contributed by atoms with Crippen molar-refractivity contribution in [1.29, 1.82) is 0 Å². The summed E-state index contributed by atoms with van der Waals surface area (Å²) in [5.41, 5.74) is 1.95. The number of hydrogen-bond acceptors (Lipinski definition) is 14. The zero-order valence-corrected chi connectivity index (χ0v) is 47.5. The number of aromatic hydroxyl groups is 1. The molecule has 81 heavy (non-hydrogen) atoms. The summed E-state index contributed by atoms with van der Waals surface area (Å²) in [6.45, 7) is 1.63. The van der Waals surface area contributed by atoms with Crippen LogP contribution in [0.5, 0.6) is 11.5 Å². The van der Waals surface area contributed by atoms with Gasteiger partial charge in [-0.3, -0.25) is 9.59 Å². The Hall–Kier alpha value is -5.11. The number of fused-ring (bicyclic) bond motifs is 9. The number of likely N-dealkylation sites (N-methyl/N-ethyl adjacent to an activating group) is 1. The monoisotopic (exact) mass is 1110 g/mol. The van der Waals surface area contributed by atoms with Gasteiger partial charge in [-0.05, 0) is 153 Å². The molecular formula is C67H86N2O12.